The maximum atomic E-state index is 12.0. The van der Waals surface area contributed by atoms with E-state index >= 15 is 0 Å². The summed E-state index contributed by atoms with van der Waals surface area (Å²) in [5, 5.41) is 3.46. The number of fused-ring (bicyclic) bond motifs is 1. The van der Waals surface area contributed by atoms with Gasteiger partial charge in [0, 0.05) is 18.8 Å². The van der Waals surface area contributed by atoms with Gasteiger partial charge in [-0.15, -0.1) is 0 Å². The number of benzene rings is 1. The number of hydrogen-bond acceptors (Lipinski definition) is 4. The maximum absolute atomic E-state index is 12.0. The quantitative estimate of drug-likeness (QED) is 0.848. The van der Waals surface area contributed by atoms with Crippen molar-refractivity contribution in [2.24, 2.45) is 0 Å². The molecule has 0 radical (unpaired) electrons. The van der Waals surface area contributed by atoms with Gasteiger partial charge < -0.3 is 10.1 Å². The van der Waals surface area contributed by atoms with Crippen LogP contribution in [0.15, 0.2) is 18.2 Å². The average Bonchev–Trinajstić information content (AvgIpc) is 2.63. The van der Waals surface area contributed by atoms with E-state index in [2.05, 4.69) is 19.2 Å². The Morgan fingerprint density at radius 2 is 1.71 bits per heavy atom. The molecule has 2 heterocycles. The third kappa shape index (κ3) is 2.53. The summed E-state index contributed by atoms with van der Waals surface area (Å²) in [7, 11) is 1.51. The molecule has 112 valence electrons. The lowest BCUT2D eigenvalue weighted by Gasteiger charge is -2.33. The summed E-state index contributed by atoms with van der Waals surface area (Å²) in [6, 6.07) is 5.71. The van der Waals surface area contributed by atoms with E-state index in [4.69, 9.17) is 4.74 Å². The molecule has 5 heteroatoms. The van der Waals surface area contributed by atoms with Crippen LogP contribution in [0, 0.1) is 0 Å². The van der Waals surface area contributed by atoms with Crippen molar-refractivity contribution < 1.29 is 14.3 Å². The van der Waals surface area contributed by atoms with Gasteiger partial charge in [-0.25, -0.2) is 0 Å². The number of hydrogen-bond donors (Lipinski definition) is 1. The van der Waals surface area contributed by atoms with E-state index in [1.807, 2.05) is 6.07 Å². The molecule has 21 heavy (non-hydrogen) atoms. The zero-order valence-corrected chi connectivity index (χ0v) is 12.6. The molecule has 2 unspecified atom stereocenters. The maximum Gasteiger partial charge on any atom is 0.261 e. The van der Waals surface area contributed by atoms with Gasteiger partial charge in [-0.2, -0.15) is 0 Å². The van der Waals surface area contributed by atoms with Crippen LogP contribution in [0.3, 0.4) is 0 Å². The monoisotopic (exact) mass is 288 g/mol. The van der Waals surface area contributed by atoms with Gasteiger partial charge in [0.25, 0.3) is 11.8 Å². The van der Waals surface area contributed by atoms with Gasteiger partial charge in [0.1, 0.15) is 0 Å². The molecule has 1 aromatic carbocycles. The molecule has 2 aliphatic rings. The third-order valence-corrected chi connectivity index (χ3v) is 4.16. The zero-order chi connectivity index (χ0) is 15.1. The molecule has 0 bridgehead atoms. The van der Waals surface area contributed by atoms with Crippen molar-refractivity contribution >= 4 is 17.5 Å². The molecule has 1 fully saturated rings. The second kappa shape index (κ2) is 5.15. The Hall–Kier alpha value is -1.88. The number of nitrogens with zero attached hydrogens (tertiary/aromatic N) is 1. The number of ether oxygens (including phenoxy) is 1. The van der Waals surface area contributed by atoms with E-state index in [0.29, 0.717) is 17.2 Å². The summed E-state index contributed by atoms with van der Waals surface area (Å²) >= 11 is 0. The van der Waals surface area contributed by atoms with Gasteiger partial charge in [0.05, 0.1) is 23.3 Å². The Kier molecular flexibility index (Phi) is 3.45. The van der Waals surface area contributed by atoms with Crippen molar-refractivity contribution in [3.8, 4) is 0 Å². The lowest BCUT2D eigenvalue weighted by atomic mass is 9.99. The van der Waals surface area contributed by atoms with Crippen molar-refractivity contribution in [2.75, 3.05) is 12.4 Å². The predicted molar refractivity (Wildman–Crippen MR) is 79.5 cm³/mol. The number of anilines is 1. The van der Waals surface area contributed by atoms with Crippen LogP contribution in [0.5, 0.6) is 0 Å². The van der Waals surface area contributed by atoms with Crippen LogP contribution in [-0.4, -0.2) is 42.0 Å². The molecule has 3 rings (SSSR count). The van der Waals surface area contributed by atoms with E-state index in [1.165, 1.54) is 7.05 Å². The van der Waals surface area contributed by atoms with Crippen LogP contribution in [0.4, 0.5) is 5.69 Å². The highest BCUT2D eigenvalue weighted by molar-refractivity contribution is 6.21. The fourth-order valence-electron chi connectivity index (χ4n) is 3.21. The van der Waals surface area contributed by atoms with Crippen LogP contribution in [0.1, 0.15) is 47.4 Å². The molecule has 2 aliphatic heterocycles. The van der Waals surface area contributed by atoms with E-state index in [9.17, 15) is 9.59 Å². The molecule has 2 atom stereocenters. The van der Waals surface area contributed by atoms with E-state index < -0.39 is 0 Å². The zero-order valence-electron chi connectivity index (χ0n) is 12.6. The number of amides is 2. The minimum absolute atomic E-state index is 0.227. The molecule has 1 aromatic rings. The van der Waals surface area contributed by atoms with Crippen LogP contribution >= 0.6 is 0 Å². The van der Waals surface area contributed by atoms with Crippen molar-refractivity contribution in [2.45, 2.75) is 44.9 Å². The first-order valence-corrected chi connectivity index (χ1v) is 7.34. The second-order valence-corrected chi connectivity index (χ2v) is 6.00. The Morgan fingerprint density at radius 1 is 1.10 bits per heavy atom. The lowest BCUT2D eigenvalue weighted by molar-refractivity contribution is -0.0337. The van der Waals surface area contributed by atoms with Crippen molar-refractivity contribution in [3.05, 3.63) is 29.3 Å². The first-order chi connectivity index (χ1) is 9.95. The highest BCUT2D eigenvalue weighted by Crippen LogP contribution is 2.27. The fraction of sp³-hybridized carbons (Fsp3) is 0.500. The summed E-state index contributed by atoms with van der Waals surface area (Å²) < 4.78 is 5.73. The summed E-state index contributed by atoms with van der Waals surface area (Å²) in [5.74, 6) is -0.456. The number of carbonyl (C=O) groups excluding carboxylic acids is 2. The largest absolute Gasteiger partial charge is 0.382 e. The molecule has 0 aromatic heterocycles. The lowest BCUT2D eigenvalue weighted by Crippen LogP contribution is -2.36. The second-order valence-electron chi connectivity index (χ2n) is 6.00. The van der Waals surface area contributed by atoms with E-state index in [-0.39, 0.29) is 24.0 Å². The van der Waals surface area contributed by atoms with Gasteiger partial charge in [-0.05, 0) is 44.9 Å². The highest BCUT2D eigenvalue weighted by Gasteiger charge is 2.33. The summed E-state index contributed by atoms with van der Waals surface area (Å²) in [6.07, 6.45) is 2.34. The summed E-state index contributed by atoms with van der Waals surface area (Å²) in [5.41, 5.74) is 1.86. The summed E-state index contributed by atoms with van der Waals surface area (Å²) in [6.45, 7) is 4.15. The number of rotatable bonds is 2. The molecule has 5 nitrogen and oxygen atoms in total. The van der Waals surface area contributed by atoms with Crippen molar-refractivity contribution in [1.82, 2.24) is 4.90 Å². The third-order valence-electron chi connectivity index (χ3n) is 4.16. The van der Waals surface area contributed by atoms with Crippen LogP contribution in [-0.2, 0) is 4.74 Å². The smallest absolute Gasteiger partial charge is 0.261 e. The standard InChI is InChI=1S/C16H20N2O3/c1-9-6-12(7-10(2)21-9)17-11-4-5-13-14(8-11)16(20)18(3)15(13)19/h4-5,8-10,12,17H,6-7H2,1-3H3. The molecule has 1 N–H and O–H groups in total. The van der Waals surface area contributed by atoms with Crippen LogP contribution in [0.2, 0.25) is 0 Å². The number of carbonyl (C=O) groups is 2. The average molecular weight is 288 g/mol. The Balaban J connectivity index is 1.79. The van der Waals surface area contributed by atoms with E-state index in [0.717, 1.165) is 23.4 Å². The van der Waals surface area contributed by atoms with Crippen molar-refractivity contribution in [3.63, 3.8) is 0 Å². The minimum Gasteiger partial charge on any atom is -0.382 e. The molecule has 0 aliphatic carbocycles. The Bertz CT molecular complexity index is 589. The molecule has 1 saturated heterocycles. The molecule has 2 amide bonds. The molecule has 0 spiro atoms. The SMILES string of the molecule is CC1CC(Nc2ccc3c(c2)C(=O)N(C)C3=O)CC(C)O1. The van der Waals surface area contributed by atoms with Crippen LogP contribution in [0.25, 0.3) is 0 Å². The number of imide groups is 1. The Morgan fingerprint density at radius 3 is 2.38 bits per heavy atom. The van der Waals surface area contributed by atoms with Gasteiger partial charge in [-0.1, -0.05) is 0 Å². The predicted octanol–water partition coefficient (Wildman–Crippen LogP) is 2.28. The topological polar surface area (TPSA) is 58.6 Å². The first-order valence-electron chi connectivity index (χ1n) is 7.34. The normalized spacial score (nSPS) is 28.7. The van der Waals surface area contributed by atoms with E-state index in [1.54, 1.807) is 12.1 Å². The minimum atomic E-state index is -0.229. The fourth-order valence-corrected chi connectivity index (χ4v) is 3.21. The molecular formula is C16H20N2O3. The number of nitrogens with one attached hydrogen (secondary N) is 1. The molecule has 0 saturated carbocycles. The van der Waals surface area contributed by atoms with Crippen LogP contribution < -0.4 is 5.32 Å². The van der Waals surface area contributed by atoms with Gasteiger partial charge in [0.2, 0.25) is 0 Å². The van der Waals surface area contributed by atoms with Crippen molar-refractivity contribution in [1.29, 1.82) is 0 Å². The van der Waals surface area contributed by atoms with Gasteiger partial charge >= 0.3 is 0 Å². The highest BCUT2D eigenvalue weighted by atomic mass is 16.5. The Labute approximate surface area is 124 Å². The first kappa shape index (κ1) is 14.1. The molecular weight excluding hydrogens is 268 g/mol. The van der Waals surface area contributed by atoms with Gasteiger partial charge in [-0.3, -0.25) is 14.5 Å². The van der Waals surface area contributed by atoms with Gasteiger partial charge in [0.15, 0.2) is 0 Å². The summed E-state index contributed by atoms with van der Waals surface area (Å²) in [4.78, 5) is 25.0.